The predicted molar refractivity (Wildman–Crippen MR) is 196 cm³/mol. The molecule has 0 saturated carbocycles. The Morgan fingerprint density at radius 2 is 1.00 bits per heavy atom. The van der Waals surface area contributed by atoms with E-state index in [0.717, 1.165) is 22.6 Å². The summed E-state index contributed by atoms with van der Waals surface area (Å²) < 4.78 is 4.99. The van der Waals surface area contributed by atoms with E-state index in [2.05, 4.69) is 50.6 Å². The van der Waals surface area contributed by atoms with Gasteiger partial charge in [-0.1, -0.05) is 69.6 Å². The lowest BCUT2D eigenvalue weighted by Crippen LogP contribution is -1.95. The van der Waals surface area contributed by atoms with Gasteiger partial charge in [0.25, 0.3) is 0 Å². The molecule has 21 heteroatoms. The van der Waals surface area contributed by atoms with Crippen molar-refractivity contribution in [2.24, 2.45) is 0 Å². The average molecular weight is 796 g/mol. The van der Waals surface area contributed by atoms with E-state index < -0.39 is 0 Å². The second-order valence-electron chi connectivity index (χ2n) is 9.70. The zero-order valence-electron chi connectivity index (χ0n) is 26.2. The molecule has 0 aliphatic heterocycles. The highest BCUT2D eigenvalue weighted by Gasteiger charge is 2.03. The number of nitrogens with zero attached hydrogens (tertiary/aromatic N) is 13. The Balaban J connectivity index is 0.000000141. The Kier molecular flexibility index (Phi) is 13.6. The van der Waals surface area contributed by atoms with Crippen LogP contribution in [0, 0.1) is 20.8 Å². The number of hydrogen-bond acceptors (Lipinski definition) is 12. The number of anilines is 2. The number of imidazole rings is 3. The van der Waals surface area contributed by atoms with Crippen LogP contribution in [0.15, 0.2) is 73.6 Å². The molecule has 15 nitrogen and oxygen atoms in total. The second kappa shape index (κ2) is 17.8. The summed E-state index contributed by atoms with van der Waals surface area (Å²) in [6, 6.07) is 10.0. The van der Waals surface area contributed by atoms with Gasteiger partial charge in [-0.2, -0.15) is 15.3 Å². The smallest absolute Gasteiger partial charge is 0.172 e. The summed E-state index contributed by atoms with van der Waals surface area (Å²) in [5.41, 5.74) is 16.1. The number of aryl methyl sites for hydroxylation is 3. The predicted octanol–water partition coefficient (Wildman–Crippen LogP) is 7.15. The van der Waals surface area contributed by atoms with E-state index in [4.69, 9.17) is 81.1 Å². The summed E-state index contributed by atoms with van der Waals surface area (Å²) in [5.74, 6) is 0.579. The maximum absolute atomic E-state index is 5.80. The van der Waals surface area contributed by atoms with Crippen molar-refractivity contribution >= 4 is 98.2 Å². The molecule has 0 unspecified atom stereocenters. The molecule has 0 radical (unpaired) electrons. The van der Waals surface area contributed by atoms with Crippen molar-refractivity contribution in [3.05, 3.63) is 121 Å². The molecule has 258 valence electrons. The van der Waals surface area contributed by atoms with Crippen LogP contribution in [-0.4, -0.2) is 64.2 Å². The van der Waals surface area contributed by atoms with Gasteiger partial charge in [-0.05, 0) is 68.3 Å². The topological polar surface area (TPSA) is 194 Å². The monoisotopic (exact) mass is 793 g/mol. The molecule has 50 heavy (non-hydrogen) atoms. The third-order valence-corrected chi connectivity index (χ3v) is 7.20. The number of nitrogens with two attached hydrogens (primary N) is 2. The number of halogens is 6. The molecule has 8 rings (SSSR count). The molecule has 4 N–H and O–H groups in total. The fourth-order valence-electron chi connectivity index (χ4n) is 3.80. The minimum atomic E-state index is 0.195. The first-order valence-corrected chi connectivity index (χ1v) is 16.2. The zero-order chi connectivity index (χ0) is 36.4. The Labute approximate surface area is 314 Å². The summed E-state index contributed by atoms with van der Waals surface area (Å²) >= 11 is 33.4. The van der Waals surface area contributed by atoms with E-state index >= 15 is 0 Å². The highest BCUT2D eigenvalue weighted by molar-refractivity contribution is 6.36. The van der Waals surface area contributed by atoms with Gasteiger partial charge in [-0.3, -0.25) is 0 Å². The van der Waals surface area contributed by atoms with Gasteiger partial charge in [0.15, 0.2) is 38.2 Å². The van der Waals surface area contributed by atoms with Crippen molar-refractivity contribution in [2.45, 2.75) is 20.8 Å². The molecule has 0 saturated heterocycles. The lowest BCUT2D eigenvalue weighted by molar-refractivity contribution is 0.893. The Bertz CT molecular complexity index is 2120. The summed E-state index contributed by atoms with van der Waals surface area (Å²) in [4.78, 5) is 12.2. The first-order chi connectivity index (χ1) is 23.8. The fraction of sp³-hybridized carbons (Fsp3) is 0.103. The maximum atomic E-state index is 5.80. The van der Waals surface area contributed by atoms with Crippen LogP contribution in [0.3, 0.4) is 0 Å². The second-order valence-corrected chi connectivity index (χ2v) is 12.1. The minimum Gasteiger partial charge on any atom is -0.382 e. The molecule has 0 aliphatic rings. The molecule has 8 aromatic rings. The van der Waals surface area contributed by atoms with Crippen molar-refractivity contribution in [2.75, 3.05) is 11.5 Å². The highest BCUT2D eigenvalue weighted by Crippen LogP contribution is 2.18. The third-order valence-electron chi connectivity index (χ3n) is 5.86. The Morgan fingerprint density at radius 3 is 1.54 bits per heavy atom. The van der Waals surface area contributed by atoms with Gasteiger partial charge in [-0.25, -0.2) is 28.5 Å². The number of aromatic nitrogens is 13. The van der Waals surface area contributed by atoms with Crippen LogP contribution in [0.2, 0.25) is 30.7 Å². The molecule has 0 bridgehead atoms. The number of hydrogen-bond donors (Lipinski definition) is 2. The van der Waals surface area contributed by atoms with Gasteiger partial charge in [0.2, 0.25) is 0 Å². The molecular formula is C29H25Cl6N15. The lowest BCUT2D eigenvalue weighted by Gasteiger charge is -1.97. The van der Waals surface area contributed by atoms with Crippen LogP contribution in [0.1, 0.15) is 16.8 Å². The van der Waals surface area contributed by atoms with E-state index in [9.17, 15) is 0 Å². The molecular weight excluding hydrogens is 771 g/mol. The van der Waals surface area contributed by atoms with Crippen molar-refractivity contribution in [1.29, 1.82) is 0 Å². The Morgan fingerprint density at radius 1 is 0.500 bits per heavy atom. The third kappa shape index (κ3) is 10.9. The largest absolute Gasteiger partial charge is 0.382 e. The Hall–Kier alpha value is -4.64. The van der Waals surface area contributed by atoms with Crippen molar-refractivity contribution < 1.29 is 0 Å². The van der Waals surface area contributed by atoms with E-state index in [0.29, 0.717) is 37.0 Å². The van der Waals surface area contributed by atoms with Gasteiger partial charge in [-0.15, -0.1) is 20.4 Å². The number of nitrogen functional groups attached to an aromatic ring is 2. The summed E-state index contributed by atoms with van der Waals surface area (Å²) in [7, 11) is 0. The molecule has 0 amide bonds. The van der Waals surface area contributed by atoms with E-state index in [1.54, 1.807) is 64.3 Å². The lowest BCUT2D eigenvalue weighted by atomic mass is 10.3. The van der Waals surface area contributed by atoms with E-state index in [-0.39, 0.29) is 11.0 Å². The molecule has 8 heterocycles. The fourth-order valence-corrected chi connectivity index (χ4v) is 4.98. The number of rotatable bonds is 0. The maximum Gasteiger partial charge on any atom is 0.172 e. The molecule has 8 aromatic heterocycles. The van der Waals surface area contributed by atoms with Crippen molar-refractivity contribution in [3.8, 4) is 0 Å². The standard InChI is InChI=1S/C8H9N3.C7H6ClN3.C6H3Cl2N3.C4H3Cl2N3.C4H4ClN3/c1-6-5-7(2)10-11-4-3-9-8(6)11;1-5-4-6(8)10-11-3-2-9-7(5)11;7-4-3-5(8)10-11-2-1-9-6(4)11;5-2-1-3(6)8-9-4(2)7;5-3-1-2-4(6)8-7-3/h3-5H,1-2H3;2-4H,1H3;1-3H;1H,(H2,7,9);1-2H,(H2,6,8). The summed E-state index contributed by atoms with van der Waals surface area (Å²) in [6.45, 7) is 5.97. The van der Waals surface area contributed by atoms with Crippen LogP contribution < -0.4 is 11.5 Å². The highest BCUT2D eigenvalue weighted by atomic mass is 35.5. The average Bonchev–Trinajstić information content (AvgIpc) is 3.84. The minimum absolute atomic E-state index is 0.195. The molecule has 0 aromatic carbocycles. The van der Waals surface area contributed by atoms with E-state index in [1.165, 1.54) is 16.1 Å². The first-order valence-electron chi connectivity index (χ1n) is 13.9. The zero-order valence-corrected chi connectivity index (χ0v) is 30.7. The first kappa shape index (κ1) is 38.2. The van der Waals surface area contributed by atoms with Crippen LogP contribution in [0.5, 0.6) is 0 Å². The SMILES string of the molecule is Cc1cc(C)c2nccn2n1.Cc1cc(Cl)nn2ccnc12.Clc1cc(Cl)c2nccn2n1.Nc1ccc(Cl)nn1.Nc1nnc(Cl)cc1Cl. The van der Waals surface area contributed by atoms with Crippen molar-refractivity contribution in [3.63, 3.8) is 0 Å². The summed E-state index contributed by atoms with van der Waals surface area (Å²) in [6.07, 6.45) is 10.4. The van der Waals surface area contributed by atoms with Crippen molar-refractivity contribution in [1.82, 2.24) is 64.2 Å². The van der Waals surface area contributed by atoms with Gasteiger partial charge in [0, 0.05) is 37.2 Å². The normalized spacial score (nSPS) is 10.3. The quantitative estimate of drug-likeness (QED) is 0.158. The van der Waals surface area contributed by atoms with Crippen LogP contribution in [0.25, 0.3) is 16.9 Å². The molecule has 0 atom stereocenters. The molecule has 0 aliphatic carbocycles. The van der Waals surface area contributed by atoms with Gasteiger partial charge in [0.1, 0.15) is 11.0 Å². The van der Waals surface area contributed by atoms with Crippen LogP contribution in [-0.2, 0) is 0 Å². The number of fused-ring (bicyclic) bond motifs is 3. The van der Waals surface area contributed by atoms with Gasteiger partial charge in [0.05, 0.1) is 15.7 Å². The van der Waals surface area contributed by atoms with Gasteiger partial charge < -0.3 is 11.5 Å². The van der Waals surface area contributed by atoms with Crippen LogP contribution in [0.4, 0.5) is 11.6 Å². The van der Waals surface area contributed by atoms with Crippen LogP contribution >= 0.6 is 69.6 Å². The summed E-state index contributed by atoms with van der Waals surface area (Å²) in [5, 5.41) is 28.3. The molecule has 0 fully saturated rings. The van der Waals surface area contributed by atoms with Gasteiger partial charge >= 0.3 is 0 Å². The molecule has 0 spiro atoms. The van der Waals surface area contributed by atoms with E-state index in [1.807, 2.05) is 33.0 Å².